The zero-order valence-electron chi connectivity index (χ0n) is 9.95. The number of benzene rings is 1. The van der Waals surface area contributed by atoms with Crippen molar-refractivity contribution in [1.29, 1.82) is 0 Å². The summed E-state index contributed by atoms with van der Waals surface area (Å²) in [4.78, 5) is 0. The Morgan fingerprint density at radius 2 is 2.12 bits per heavy atom. The van der Waals surface area contributed by atoms with E-state index >= 15 is 0 Å². The fourth-order valence-corrected chi connectivity index (χ4v) is 1.58. The summed E-state index contributed by atoms with van der Waals surface area (Å²) in [7, 11) is 0. The lowest BCUT2D eigenvalue weighted by molar-refractivity contribution is 0.701. The highest BCUT2D eigenvalue weighted by atomic mass is 15.3. The van der Waals surface area contributed by atoms with Crippen LogP contribution in [-0.2, 0) is 6.54 Å². The second-order valence-electron chi connectivity index (χ2n) is 4.10. The number of allylic oxidation sites excluding steroid dienone is 1. The van der Waals surface area contributed by atoms with Crippen molar-refractivity contribution < 1.29 is 0 Å². The molecule has 0 unspecified atom stereocenters. The van der Waals surface area contributed by atoms with E-state index in [1.165, 1.54) is 5.56 Å². The van der Waals surface area contributed by atoms with E-state index in [4.69, 9.17) is 5.73 Å². The Labute approximate surface area is 102 Å². The molecule has 0 aliphatic heterocycles. The Morgan fingerprint density at radius 3 is 2.76 bits per heavy atom. The number of aromatic nitrogens is 2. The predicted octanol–water partition coefficient (Wildman–Crippen LogP) is 2.62. The van der Waals surface area contributed by atoms with E-state index < -0.39 is 0 Å². The van der Waals surface area contributed by atoms with E-state index in [2.05, 4.69) is 29.4 Å². The molecule has 1 aromatic carbocycles. The molecule has 3 heteroatoms. The molecule has 88 valence electrons. The topological polar surface area (TPSA) is 43.8 Å². The highest BCUT2D eigenvalue weighted by Gasteiger charge is 2.01. The molecule has 0 radical (unpaired) electrons. The van der Waals surface area contributed by atoms with Gasteiger partial charge in [0, 0.05) is 17.8 Å². The number of rotatable bonds is 4. The van der Waals surface area contributed by atoms with Crippen LogP contribution in [0.1, 0.15) is 24.1 Å². The lowest BCUT2D eigenvalue weighted by Crippen LogP contribution is -2.03. The molecule has 0 saturated heterocycles. The van der Waals surface area contributed by atoms with E-state index in [0.29, 0.717) is 0 Å². The average molecular weight is 227 g/mol. The molecule has 1 aromatic heterocycles. The zero-order chi connectivity index (χ0) is 12.1. The van der Waals surface area contributed by atoms with Gasteiger partial charge in [-0.05, 0) is 12.5 Å². The monoisotopic (exact) mass is 227 g/mol. The molecule has 2 N–H and O–H groups in total. The smallest absolute Gasteiger partial charge is 0.0593 e. The van der Waals surface area contributed by atoms with Crippen LogP contribution in [0.5, 0.6) is 0 Å². The number of nitrogens with zero attached hydrogens (tertiary/aromatic N) is 2. The lowest BCUT2D eigenvalue weighted by atomic mass is 10.2. The van der Waals surface area contributed by atoms with Crippen molar-refractivity contribution in [1.82, 2.24) is 9.78 Å². The minimum absolute atomic E-state index is 0.0434. The molecule has 17 heavy (non-hydrogen) atoms. The summed E-state index contributed by atoms with van der Waals surface area (Å²) in [5.41, 5.74) is 8.04. The molecule has 0 amide bonds. The lowest BCUT2D eigenvalue weighted by Gasteiger charge is -1.98. The fraction of sp³-hybridized carbons (Fsp3) is 0.214. The van der Waals surface area contributed by atoms with Crippen LogP contribution in [0.25, 0.3) is 6.08 Å². The maximum absolute atomic E-state index is 5.78. The van der Waals surface area contributed by atoms with Crippen LogP contribution in [0.4, 0.5) is 0 Å². The Bertz CT molecular complexity index is 483. The highest BCUT2D eigenvalue weighted by Crippen LogP contribution is 2.07. The molecule has 0 fully saturated rings. The van der Waals surface area contributed by atoms with Crippen LogP contribution < -0.4 is 5.73 Å². The minimum Gasteiger partial charge on any atom is -0.324 e. The summed E-state index contributed by atoms with van der Waals surface area (Å²) in [6.45, 7) is 2.72. The average Bonchev–Trinajstić information content (AvgIpc) is 2.79. The standard InChI is InChI=1S/C14H17N3/c1-12(15)14-10-16-17(11-14)9-5-8-13-6-3-2-4-7-13/h2-8,10-12H,9,15H2,1H3/b8-5+/t12-/m0/s1. The van der Waals surface area contributed by atoms with Gasteiger partial charge in [-0.2, -0.15) is 5.10 Å². The molecule has 3 nitrogen and oxygen atoms in total. The summed E-state index contributed by atoms with van der Waals surface area (Å²) in [5, 5.41) is 4.25. The molecular weight excluding hydrogens is 210 g/mol. The zero-order valence-corrected chi connectivity index (χ0v) is 9.95. The van der Waals surface area contributed by atoms with Crippen molar-refractivity contribution in [2.24, 2.45) is 5.73 Å². The second-order valence-corrected chi connectivity index (χ2v) is 4.10. The first-order chi connectivity index (χ1) is 8.25. The first-order valence-electron chi connectivity index (χ1n) is 5.75. The highest BCUT2D eigenvalue weighted by molar-refractivity contribution is 5.48. The summed E-state index contributed by atoms with van der Waals surface area (Å²) in [6.07, 6.45) is 7.99. The van der Waals surface area contributed by atoms with Crippen molar-refractivity contribution in [2.45, 2.75) is 19.5 Å². The van der Waals surface area contributed by atoms with Gasteiger partial charge in [0.1, 0.15) is 0 Å². The molecular formula is C14H17N3. The Hall–Kier alpha value is -1.87. The van der Waals surface area contributed by atoms with Gasteiger partial charge < -0.3 is 5.73 Å². The van der Waals surface area contributed by atoms with E-state index in [9.17, 15) is 0 Å². The Kier molecular flexibility index (Phi) is 3.73. The van der Waals surface area contributed by atoms with Gasteiger partial charge in [0.2, 0.25) is 0 Å². The van der Waals surface area contributed by atoms with Gasteiger partial charge in [0.15, 0.2) is 0 Å². The number of hydrogen-bond acceptors (Lipinski definition) is 2. The molecule has 1 atom stereocenters. The van der Waals surface area contributed by atoms with Gasteiger partial charge in [-0.15, -0.1) is 0 Å². The molecule has 1 heterocycles. The van der Waals surface area contributed by atoms with Gasteiger partial charge in [-0.25, -0.2) is 0 Å². The predicted molar refractivity (Wildman–Crippen MR) is 70.3 cm³/mol. The largest absolute Gasteiger partial charge is 0.324 e. The number of hydrogen-bond donors (Lipinski definition) is 1. The van der Waals surface area contributed by atoms with E-state index in [-0.39, 0.29) is 6.04 Å². The number of nitrogens with two attached hydrogens (primary N) is 1. The normalized spacial score (nSPS) is 13.1. The third-order valence-electron chi connectivity index (χ3n) is 2.58. The van der Waals surface area contributed by atoms with Crippen LogP contribution in [0.3, 0.4) is 0 Å². The third-order valence-corrected chi connectivity index (χ3v) is 2.58. The fourth-order valence-electron chi connectivity index (χ4n) is 1.58. The minimum atomic E-state index is 0.0434. The molecule has 0 saturated carbocycles. The maximum atomic E-state index is 5.78. The molecule has 0 bridgehead atoms. The maximum Gasteiger partial charge on any atom is 0.0593 e. The van der Waals surface area contributed by atoms with E-state index in [1.807, 2.05) is 42.2 Å². The summed E-state index contributed by atoms with van der Waals surface area (Å²) >= 11 is 0. The Balaban J connectivity index is 1.95. The van der Waals surface area contributed by atoms with E-state index in [1.54, 1.807) is 0 Å². The summed E-state index contributed by atoms with van der Waals surface area (Å²) in [6, 6.07) is 10.3. The quantitative estimate of drug-likeness (QED) is 0.872. The van der Waals surface area contributed by atoms with E-state index in [0.717, 1.165) is 12.1 Å². The summed E-state index contributed by atoms with van der Waals surface area (Å²) < 4.78 is 1.89. The summed E-state index contributed by atoms with van der Waals surface area (Å²) in [5.74, 6) is 0. The molecule has 0 spiro atoms. The van der Waals surface area contributed by atoms with Crippen LogP contribution in [0.15, 0.2) is 48.8 Å². The first-order valence-corrected chi connectivity index (χ1v) is 5.75. The molecule has 2 rings (SSSR count). The van der Waals surface area contributed by atoms with Crippen molar-refractivity contribution in [3.8, 4) is 0 Å². The van der Waals surface area contributed by atoms with Crippen molar-refractivity contribution in [3.63, 3.8) is 0 Å². The molecule has 2 aromatic rings. The van der Waals surface area contributed by atoms with Gasteiger partial charge >= 0.3 is 0 Å². The van der Waals surface area contributed by atoms with Crippen molar-refractivity contribution >= 4 is 6.08 Å². The van der Waals surface area contributed by atoms with Gasteiger partial charge in [0.25, 0.3) is 0 Å². The molecule has 0 aliphatic rings. The van der Waals surface area contributed by atoms with Gasteiger partial charge in [-0.1, -0.05) is 42.5 Å². The molecule has 0 aliphatic carbocycles. The SMILES string of the molecule is C[C@H](N)c1cnn(C/C=C/c2ccccc2)c1. The van der Waals surface area contributed by atoms with Gasteiger partial charge in [0.05, 0.1) is 12.7 Å². The second kappa shape index (κ2) is 5.46. The van der Waals surface area contributed by atoms with Crippen LogP contribution in [0.2, 0.25) is 0 Å². The van der Waals surface area contributed by atoms with Crippen LogP contribution >= 0.6 is 0 Å². The first kappa shape index (κ1) is 11.6. The third kappa shape index (κ3) is 3.29. The van der Waals surface area contributed by atoms with Crippen LogP contribution in [0, 0.1) is 0 Å². The van der Waals surface area contributed by atoms with Crippen molar-refractivity contribution in [3.05, 3.63) is 59.9 Å². The van der Waals surface area contributed by atoms with Gasteiger partial charge in [-0.3, -0.25) is 4.68 Å². The van der Waals surface area contributed by atoms with Crippen LogP contribution in [-0.4, -0.2) is 9.78 Å². The van der Waals surface area contributed by atoms with Crippen molar-refractivity contribution in [2.75, 3.05) is 0 Å². The Morgan fingerprint density at radius 1 is 1.35 bits per heavy atom.